The van der Waals surface area contributed by atoms with Crippen LogP contribution >= 0.6 is 0 Å². The van der Waals surface area contributed by atoms with Crippen LogP contribution in [0.25, 0.3) is 11.1 Å². The van der Waals surface area contributed by atoms with Crippen molar-refractivity contribution in [2.75, 3.05) is 13.1 Å². The van der Waals surface area contributed by atoms with E-state index in [4.69, 9.17) is 4.42 Å². The molecule has 2 unspecified atom stereocenters. The highest BCUT2D eigenvalue weighted by Gasteiger charge is 2.48. The summed E-state index contributed by atoms with van der Waals surface area (Å²) in [4.78, 5) is 30.4. The molecular weight excluding hydrogens is 308 g/mol. The molecule has 0 aliphatic carbocycles. The molecule has 2 saturated heterocycles. The van der Waals surface area contributed by atoms with Gasteiger partial charge in [-0.25, -0.2) is 9.78 Å². The van der Waals surface area contributed by atoms with E-state index in [2.05, 4.69) is 20.5 Å². The van der Waals surface area contributed by atoms with Crippen LogP contribution in [0.4, 0.5) is 4.79 Å². The molecule has 0 bridgehead atoms. The Morgan fingerprint density at radius 2 is 2.21 bits per heavy atom. The van der Waals surface area contributed by atoms with Crippen molar-refractivity contribution in [3.63, 3.8) is 0 Å². The Morgan fingerprint density at radius 1 is 1.38 bits per heavy atom. The summed E-state index contributed by atoms with van der Waals surface area (Å²) in [7, 11) is 0. The zero-order valence-corrected chi connectivity index (χ0v) is 13.5. The van der Waals surface area contributed by atoms with Crippen molar-refractivity contribution in [1.82, 2.24) is 20.5 Å². The van der Waals surface area contributed by atoms with Crippen molar-refractivity contribution in [2.45, 2.75) is 31.8 Å². The van der Waals surface area contributed by atoms with Crippen molar-refractivity contribution < 1.29 is 14.0 Å². The van der Waals surface area contributed by atoms with E-state index in [9.17, 15) is 9.59 Å². The first-order valence-corrected chi connectivity index (χ1v) is 8.25. The summed E-state index contributed by atoms with van der Waals surface area (Å²) in [5.74, 6) is 0.519. The molecule has 4 rings (SSSR count). The molecular formula is C17H20N4O3. The number of carbonyl (C=O) groups is 2. The van der Waals surface area contributed by atoms with Crippen LogP contribution in [-0.2, 0) is 11.3 Å². The molecule has 1 aromatic carbocycles. The van der Waals surface area contributed by atoms with Gasteiger partial charge in [0.25, 0.3) is 5.91 Å². The smallest absolute Gasteiger partial charge is 0.322 e. The second-order valence-corrected chi connectivity index (χ2v) is 6.76. The van der Waals surface area contributed by atoms with E-state index in [0.717, 1.165) is 37.0 Å². The number of likely N-dealkylation sites (tertiary alicyclic amines) is 1. The number of urea groups is 1. The quantitative estimate of drug-likeness (QED) is 0.836. The van der Waals surface area contributed by atoms with E-state index in [1.54, 1.807) is 6.92 Å². The number of oxazole rings is 1. The number of benzene rings is 1. The lowest BCUT2D eigenvalue weighted by atomic mass is 9.80. The minimum Gasteiger partial charge on any atom is -0.439 e. The largest absolute Gasteiger partial charge is 0.439 e. The highest BCUT2D eigenvalue weighted by Crippen LogP contribution is 2.30. The van der Waals surface area contributed by atoms with Gasteiger partial charge in [-0.05, 0) is 38.4 Å². The summed E-state index contributed by atoms with van der Waals surface area (Å²) in [6, 6.07) is 7.30. The van der Waals surface area contributed by atoms with Gasteiger partial charge in [0.05, 0.1) is 6.54 Å². The molecule has 126 valence electrons. The average molecular weight is 328 g/mol. The molecule has 2 aliphatic heterocycles. The predicted molar refractivity (Wildman–Crippen MR) is 87.1 cm³/mol. The Balaban J connectivity index is 1.49. The molecule has 3 amide bonds. The lowest BCUT2D eigenvalue weighted by Crippen LogP contribution is -2.55. The molecule has 2 aliphatic rings. The number of nitrogens with one attached hydrogen (secondary N) is 2. The van der Waals surface area contributed by atoms with Gasteiger partial charge in [0.15, 0.2) is 5.58 Å². The normalized spacial score (nSPS) is 28.1. The van der Waals surface area contributed by atoms with E-state index < -0.39 is 11.6 Å². The number of carbonyl (C=O) groups excluding carboxylic acids is 2. The molecule has 24 heavy (non-hydrogen) atoms. The van der Waals surface area contributed by atoms with Crippen LogP contribution in [0, 0.1) is 5.92 Å². The van der Waals surface area contributed by atoms with Gasteiger partial charge >= 0.3 is 6.03 Å². The Labute approximate surface area is 139 Å². The summed E-state index contributed by atoms with van der Waals surface area (Å²) in [5, 5.41) is 5.14. The number of nitrogens with zero attached hydrogens (tertiary/aromatic N) is 2. The minimum atomic E-state index is -0.836. The number of rotatable bonds is 3. The van der Waals surface area contributed by atoms with Crippen molar-refractivity contribution >= 4 is 23.0 Å². The summed E-state index contributed by atoms with van der Waals surface area (Å²) < 4.78 is 5.79. The molecule has 0 spiro atoms. The molecule has 2 atom stereocenters. The number of hydrogen-bond acceptors (Lipinski definition) is 5. The highest BCUT2D eigenvalue weighted by molar-refractivity contribution is 6.07. The standard InChI is InChI=1S/C17H20N4O3/c1-17(15(22)19-16(23)20-17)11-5-4-8-21(9-11)10-14-18-12-6-2-3-7-13(12)24-14/h2-3,6-7,11H,4-5,8-10H2,1H3,(H2,19,20,22,23). The molecule has 7 heteroatoms. The molecule has 2 fully saturated rings. The Morgan fingerprint density at radius 3 is 2.96 bits per heavy atom. The molecule has 0 radical (unpaired) electrons. The van der Waals surface area contributed by atoms with Crippen LogP contribution < -0.4 is 10.6 Å². The monoisotopic (exact) mass is 328 g/mol. The molecule has 7 nitrogen and oxygen atoms in total. The van der Waals surface area contributed by atoms with Gasteiger partial charge in [0, 0.05) is 12.5 Å². The second kappa shape index (κ2) is 5.59. The van der Waals surface area contributed by atoms with E-state index in [1.165, 1.54) is 0 Å². The molecule has 0 saturated carbocycles. The fourth-order valence-corrected chi connectivity index (χ4v) is 3.69. The number of imide groups is 1. The first kappa shape index (κ1) is 15.1. The van der Waals surface area contributed by atoms with Gasteiger partial charge in [0.1, 0.15) is 11.1 Å². The fourth-order valence-electron chi connectivity index (χ4n) is 3.69. The zero-order valence-electron chi connectivity index (χ0n) is 13.5. The van der Waals surface area contributed by atoms with Crippen molar-refractivity contribution in [2.24, 2.45) is 5.92 Å². The summed E-state index contributed by atoms with van der Waals surface area (Å²) >= 11 is 0. The maximum absolute atomic E-state index is 12.1. The van der Waals surface area contributed by atoms with Crippen LogP contribution in [0.2, 0.25) is 0 Å². The molecule has 3 heterocycles. The number of piperidine rings is 1. The number of hydrogen-bond donors (Lipinski definition) is 2. The number of fused-ring (bicyclic) bond motifs is 1. The Kier molecular flexibility index (Phi) is 3.53. The maximum atomic E-state index is 12.1. The minimum absolute atomic E-state index is 0.0714. The number of aromatic nitrogens is 1. The molecule has 2 N–H and O–H groups in total. The van der Waals surface area contributed by atoms with Crippen LogP contribution in [0.1, 0.15) is 25.7 Å². The number of amides is 3. The highest BCUT2D eigenvalue weighted by atomic mass is 16.3. The second-order valence-electron chi connectivity index (χ2n) is 6.76. The fraction of sp³-hybridized carbons (Fsp3) is 0.471. The van der Waals surface area contributed by atoms with Crippen molar-refractivity contribution in [3.05, 3.63) is 30.2 Å². The number of para-hydroxylation sites is 2. The summed E-state index contributed by atoms with van der Waals surface area (Å²) in [6.07, 6.45) is 1.89. The van der Waals surface area contributed by atoms with Gasteiger partial charge in [-0.2, -0.15) is 0 Å². The summed E-state index contributed by atoms with van der Waals surface area (Å²) in [5.41, 5.74) is 0.808. The van der Waals surface area contributed by atoms with Crippen LogP contribution in [0.3, 0.4) is 0 Å². The zero-order chi connectivity index (χ0) is 16.7. The maximum Gasteiger partial charge on any atom is 0.322 e. The van der Waals surface area contributed by atoms with Gasteiger partial charge in [0.2, 0.25) is 5.89 Å². The van der Waals surface area contributed by atoms with E-state index in [1.807, 2.05) is 24.3 Å². The van der Waals surface area contributed by atoms with Gasteiger partial charge in [-0.1, -0.05) is 12.1 Å². The lowest BCUT2D eigenvalue weighted by Gasteiger charge is -2.39. The first-order valence-electron chi connectivity index (χ1n) is 8.25. The van der Waals surface area contributed by atoms with E-state index >= 15 is 0 Å². The van der Waals surface area contributed by atoms with Crippen LogP contribution in [0.15, 0.2) is 28.7 Å². The van der Waals surface area contributed by atoms with Crippen molar-refractivity contribution in [1.29, 1.82) is 0 Å². The molecule has 1 aromatic heterocycles. The summed E-state index contributed by atoms with van der Waals surface area (Å²) in [6.45, 7) is 4.07. The van der Waals surface area contributed by atoms with Gasteiger partial charge < -0.3 is 9.73 Å². The third-order valence-electron chi connectivity index (χ3n) is 5.09. The third-order valence-corrected chi connectivity index (χ3v) is 5.09. The Hall–Kier alpha value is -2.41. The Bertz CT molecular complexity index is 769. The SMILES string of the molecule is CC1(C2CCCN(Cc3nc4ccccc4o3)C2)NC(=O)NC1=O. The third kappa shape index (κ3) is 2.54. The average Bonchev–Trinajstić information content (AvgIpc) is 3.08. The van der Waals surface area contributed by atoms with Crippen LogP contribution in [0.5, 0.6) is 0 Å². The van der Waals surface area contributed by atoms with Crippen LogP contribution in [-0.4, -0.2) is 40.5 Å². The van der Waals surface area contributed by atoms with Gasteiger partial charge in [-0.3, -0.25) is 15.0 Å². The van der Waals surface area contributed by atoms with E-state index in [-0.39, 0.29) is 11.8 Å². The van der Waals surface area contributed by atoms with Crippen molar-refractivity contribution in [3.8, 4) is 0 Å². The van der Waals surface area contributed by atoms with E-state index in [0.29, 0.717) is 12.4 Å². The first-order chi connectivity index (χ1) is 11.5. The predicted octanol–water partition coefficient (Wildman–Crippen LogP) is 1.64. The molecule has 2 aromatic rings. The lowest BCUT2D eigenvalue weighted by molar-refractivity contribution is -0.126. The topological polar surface area (TPSA) is 87.5 Å². The van der Waals surface area contributed by atoms with Gasteiger partial charge in [-0.15, -0.1) is 0 Å².